The molecule has 0 aromatic heterocycles. The quantitative estimate of drug-likeness (QED) is 0.124. The van der Waals surface area contributed by atoms with Crippen molar-refractivity contribution in [3.63, 3.8) is 0 Å². The predicted octanol–water partition coefficient (Wildman–Crippen LogP) is -3.75. The maximum Gasteiger partial charge on any atom is 0.187 e. The molecule has 2 heterocycles. The Balaban J connectivity index is 1.92. The Labute approximate surface area is 189 Å². The summed E-state index contributed by atoms with van der Waals surface area (Å²) in [7, 11) is 1.41. The van der Waals surface area contributed by atoms with Crippen LogP contribution in [-0.4, -0.2) is 133 Å². The van der Waals surface area contributed by atoms with E-state index in [0.717, 1.165) is 25.9 Å². The van der Waals surface area contributed by atoms with Crippen molar-refractivity contribution < 1.29 is 44.5 Å². The van der Waals surface area contributed by atoms with Crippen LogP contribution in [0.25, 0.3) is 0 Å². The van der Waals surface area contributed by atoms with Crippen molar-refractivity contribution in [3.8, 4) is 0 Å². The van der Waals surface area contributed by atoms with Crippen LogP contribution in [-0.2, 0) is 18.9 Å². The highest BCUT2D eigenvalue weighted by atomic mass is 16.7. The van der Waals surface area contributed by atoms with Gasteiger partial charge >= 0.3 is 0 Å². The lowest BCUT2D eigenvalue weighted by Crippen LogP contribution is -2.64. The van der Waals surface area contributed by atoms with Gasteiger partial charge < -0.3 is 60.8 Å². The molecular weight excluding hydrogens is 426 g/mol. The van der Waals surface area contributed by atoms with Crippen molar-refractivity contribution in [1.29, 1.82) is 0 Å². The Morgan fingerprint density at radius 2 is 1.50 bits per heavy atom. The van der Waals surface area contributed by atoms with Gasteiger partial charge in [0.25, 0.3) is 0 Å². The molecule has 0 bridgehead atoms. The number of rotatable bonds is 13. The maximum absolute atomic E-state index is 10.5. The van der Waals surface area contributed by atoms with Crippen LogP contribution in [0.3, 0.4) is 0 Å². The molecule has 2 fully saturated rings. The van der Waals surface area contributed by atoms with Crippen molar-refractivity contribution in [2.75, 3.05) is 46.4 Å². The van der Waals surface area contributed by atoms with Crippen molar-refractivity contribution in [2.24, 2.45) is 5.73 Å². The average Bonchev–Trinajstić information content (AvgIpc) is 2.78. The van der Waals surface area contributed by atoms with E-state index >= 15 is 0 Å². The molecule has 12 nitrogen and oxygen atoms in total. The Bertz CT molecular complexity index is 519. The topological polar surface area (TPSA) is 188 Å². The summed E-state index contributed by atoms with van der Waals surface area (Å²) < 4.78 is 22.4. The third-order valence-electron chi connectivity index (χ3n) is 5.92. The van der Waals surface area contributed by atoms with Gasteiger partial charge in [0, 0.05) is 13.7 Å². The number of nitrogens with two attached hydrogens (primary N) is 1. The molecule has 0 amide bonds. The molecule has 2 aliphatic heterocycles. The molecule has 0 spiro atoms. The molecule has 0 saturated carbocycles. The summed E-state index contributed by atoms with van der Waals surface area (Å²) in [5.41, 5.74) is 5.45. The van der Waals surface area contributed by atoms with Gasteiger partial charge in [0.1, 0.15) is 48.8 Å². The van der Waals surface area contributed by atoms with E-state index in [4.69, 9.17) is 24.7 Å². The summed E-state index contributed by atoms with van der Waals surface area (Å²) in [5.74, 6) is 0. The minimum Gasteiger partial charge on any atom is -0.394 e. The second-order valence-electron chi connectivity index (χ2n) is 8.32. The predicted molar refractivity (Wildman–Crippen MR) is 114 cm³/mol. The molecule has 2 saturated heterocycles. The van der Waals surface area contributed by atoms with E-state index in [9.17, 15) is 25.5 Å². The van der Waals surface area contributed by atoms with Crippen molar-refractivity contribution >= 4 is 0 Å². The lowest BCUT2D eigenvalue weighted by Gasteiger charge is -2.46. The van der Waals surface area contributed by atoms with Crippen LogP contribution in [0, 0.1) is 0 Å². The monoisotopic (exact) mass is 467 g/mol. The van der Waals surface area contributed by atoms with E-state index in [1.165, 1.54) is 7.11 Å². The first-order valence-electron chi connectivity index (χ1n) is 11.3. The fourth-order valence-electron chi connectivity index (χ4n) is 4.00. The van der Waals surface area contributed by atoms with E-state index in [1.54, 1.807) is 6.92 Å². The lowest BCUT2D eigenvalue weighted by atomic mass is 9.95. The Morgan fingerprint density at radius 3 is 2.16 bits per heavy atom. The van der Waals surface area contributed by atoms with Crippen LogP contribution in [0.5, 0.6) is 0 Å². The zero-order valence-electron chi connectivity index (χ0n) is 18.9. The summed E-state index contributed by atoms with van der Waals surface area (Å²) in [6, 6.07) is 0. The highest BCUT2D eigenvalue weighted by Gasteiger charge is 2.50. The molecule has 10 atom stereocenters. The van der Waals surface area contributed by atoms with Crippen LogP contribution in [0.15, 0.2) is 0 Å². The minimum absolute atomic E-state index is 0.331. The van der Waals surface area contributed by atoms with Crippen LogP contribution in [0.1, 0.15) is 19.8 Å². The summed E-state index contributed by atoms with van der Waals surface area (Å²) in [6.45, 7) is 4.50. The Morgan fingerprint density at radius 1 is 0.844 bits per heavy atom. The normalized spacial score (nSPS) is 40.5. The molecule has 1 unspecified atom stereocenters. The van der Waals surface area contributed by atoms with Gasteiger partial charge in [-0.2, -0.15) is 0 Å². The van der Waals surface area contributed by atoms with E-state index in [2.05, 4.69) is 10.6 Å². The zero-order valence-corrected chi connectivity index (χ0v) is 18.9. The van der Waals surface area contributed by atoms with Gasteiger partial charge in [0.2, 0.25) is 0 Å². The number of aliphatic hydroxyl groups is 5. The van der Waals surface area contributed by atoms with Gasteiger partial charge in [-0.3, -0.25) is 0 Å². The van der Waals surface area contributed by atoms with E-state index < -0.39 is 67.8 Å². The van der Waals surface area contributed by atoms with Crippen LogP contribution in [0.2, 0.25) is 0 Å². The largest absolute Gasteiger partial charge is 0.394 e. The van der Waals surface area contributed by atoms with Crippen molar-refractivity contribution in [3.05, 3.63) is 0 Å². The number of nitrogens with one attached hydrogen (secondary N) is 2. The van der Waals surface area contributed by atoms with Crippen LogP contribution >= 0.6 is 0 Å². The van der Waals surface area contributed by atoms with Gasteiger partial charge in [-0.05, 0) is 45.9 Å². The highest BCUT2D eigenvalue weighted by Crippen LogP contribution is 2.29. The van der Waals surface area contributed by atoms with Gasteiger partial charge in [-0.1, -0.05) is 0 Å². The second-order valence-corrected chi connectivity index (χ2v) is 8.32. The molecule has 0 aromatic carbocycles. The standard InChI is InChI=1S/C20H41N3O9/c1-11-14(25)15(26)19(13(10-24)30-11)32-20-17(28)16(27)18(29-2)12(31-20)9-23-8-4-7-22-6-3-5-21/h11-20,22-28H,3-10,21H2,1-2H3/t11-,12-,13-,14+,15-,16-,17-,18-,19?,20-/m1/s1. The molecular formula is C20H41N3O9. The number of hydrogen-bond acceptors (Lipinski definition) is 12. The van der Waals surface area contributed by atoms with Crippen LogP contribution in [0.4, 0.5) is 0 Å². The van der Waals surface area contributed by atoms with Gasteiger partial charge in [0.15, 0.2) is 6.29 Å². The van der Waals surface area contributed by atoms with Crippen molar-refractivity contribution in [1.82, 2.24) is 10.6 Å². The van der Waals surface area contributed by atoms with Gasteiger partial charge in [-0.25, -0.2) is 0 Å². The summed E-state index contributed by atoms with van der Waals surface area (Å²) >= 11 is 0. The van der Waals surface area contributed by atoms with E-state index in [1.807, 2.05) is 0 Å². The smallest absolute Gasteiger partial charge is 0.187 e. The first-order chi connectivity index (χ1) is 15.3. The van der Waals surface area contributed by atoms with Gasteiger partial charge in [0.05, 0.1) is 12.7 Å². The molecule has 0 radical (unpaired) electrons. The fourth-order valence-corrected chi connectivity index (χ4v) is 4.00. The lowest BCUT2D eigenvalue weighted by molar-refractivity contribution is -0.339. The molecule has 12 heteroatoms. The molecule has 0 aliphatic carbocycles. The van der Waals surface area contributed by atoms with Gasteiger partial charge in [-0.15, -0.1) is 0 Å². The third-order valence-corrected chi connectivity index (χ3v) is 5.92. The molecule has 32 heavy (non-hydrogen) atoms. The van der Waals surface area contributed by atoms with Crippen LogP contribution < -0.4 is 16.4 Å². The highest BCUT2D eigenvalue weighted by molar-refractivity contribution is 4.95. The maximum atomic E-state index is 10.5. The minimum atomic E-state index is -1.47. The Hall–Kier alpha value is -0.480. The van der Waals surface area contributed by atoms with E-state index in [-0.39, 0.29) is 0 Å². The first kappa shape index (κ1) is 27.8. The fraction of sp³-hybridized carbons (Fsp3) is 1.00. The first-order valence-corrected chi connectivity index (χ1v) is 11.3. The number of ether oxygens (including phenoxy) is 4. The SMILES string of the molecule is CO[C@H]1[C@H](O)[C@@H](O)[C@@H](OC2[C@@H](CO)O[C@H](C)[C@H](O)[C@H]2O)O[C@@H]1CNCCCNCCCN. The molecule has 0 aromatic rings. The molecule has 2 rings (SSSR count). The van der Waals surface area contributed by atoms with E-state index in [0.29, 0.717) is 19.6 Å². The Kier molecular flexibility index (Phi) is 12.2. The molecule has 2 aliphatic rings. The number of hydrogen-bond donors (Lipinski definition) is 8. The average molecular weight is 468 g/mol. The summed E-state index contributed by atoms with van der Waals surface area (Å²) in [4.78, 5) is 0. The second kappa shape index (κ2) is 14.0. The number of aliphatic hydroxyl groups excluding tert-OH is 5. The molecule has 9 N–H and O–H groups in total. The summed E-state index contributed by atoms with van der Waals surface area (Å²) in [5, 5.41) is 57.7. The third kappa shape index (κ3) is 7.26. The molecule has 190 valence electrons. The zero-order chi connectivity index (χ0) is 23.7. The number of methoxy groups -OCH3 is 1. The van der Waals surface area contributed by atoms with Crippen molar-refractivity contribution in [2.45, 2.75) is 81.0 Å². The summed E-state index contributed by atoms with van der Waals surface area (Å²) in [6.07, 6.45) is -9.14.